The van der Waals surface area contributed by atoms with Crippen molar-refractivity contribution in [2.75, 3.05) is 6.54 Å². The molecule has 3 nitrogen and oxygen atoms in total. The normalized spacial score (nSPS) is 23.8. The maximum atomic E-state index is 13.8. The number of hydrogen-bond donors (Lipinski definition) is 2. The van der Waals surface area contributed by atoms with E-state index >= 15 is 0 Å². The first-order valence-corrected chi connectivity index (χ1v) is 7.69. The predicted molar refractivity (Wildman–Crippen MR) is 79.0 cm³/mol. The molecule has 0 amide bonds. The minimum absolute atomic E-state index is 0.127. The van der Waals surface area contributed by atoms with Crippen LogP contribution in [0, 0.1) is 17.7 Å². The Balaban J connectivity index is 1.95. The lowest BCUT2D eigenvalue weighted by Gasteiger charge is -2.21. The first-order valence-electron chi connectivity index (χ1n) is 6.90. The van der Waals surface area contributed by atoms with Crippen molar-refractivity contribution < 1.29 is 14.3 Å². The number of carboxylic acids is 1. The Kier molecular flexibility index (Phi) is 5.16. The molecule has 0 aliphatic heterocycles. The summed E-state index contributed by atoms with van der Waals surface area (Å²) in [5.74, 6) is -1.07. The van der Waals surface area contributed by atoms with Crippen LogP contribution >= 0.6 is 15.9 Å². The van der Waals surface area contributed by atoms with Gasteiger partial charge in [0.1, 0.15) is 5.82 Å². The van der Waals surface area contributed by atoms with E-state index in [0.29, 0.717) is 16.6 Å². The van der Waals surface area contributed by atoms with Crippen molar-refractivity contribution in [3.63, 3.8) is 0 Å². The molecule has 0 bridgehead atoms. The summed E-state index contributed by atoms with van der Waals surface area (Å²) in [6.45, 7) is 2.52. The number of nitrogens with one attached hydrogen (secondary N) is 1. The Bertz CT molecular complexity index is 495. The van der Waals surface area contributed by atoms with E-state index in [0.717, 1.165) is 19.3 Å². The highest BCUT2D eigenvalue weighted by Gasteiger charge is 2.32. The van der Waals surface area contributed by atoms with Crippen LogP contribution in [0.15, 0.2) is 22.7 Å². The number of aliphatic carboxylic acids is 1. The average molecular weight is 344 g/mol. The molecule has 0 spiro atoms. The summed E-state index contributed by atoms with van der Waals surface area (Å²) >= 11 is 3.24. The van der Waals surface area contributed by atoms with Gasteiger partial charge in [-0.15, -0.1) is 0 Å². The average Bonchev–Trinajstić information content (AvgIpc) is 2.84. The van der Waals surface area contributed by atoms with E-state index < -0.39 is 5.97 Å². The molecule has 1 aromatic rings. The first-order chi connectivity index (χ1) is 9.49. The molecule has 1 aliphatic rings. The molecular formula is C15H19BrFNO2. The standard InChI is InChI=1S/C15H19BrFNO2/c1-9(12-6-5-11(16)7-14(12)17)18-8-10-3-2-4-13(10)15(19)20/h5-7,9-10,13,18H,2-4,8H2,1H3,(H,19,20). The van der Waals surface area contributed by atoms with Crippen molar-refractivity contribution in [3.05, 3.63) is 34.1 Å². The zero-order valence-corrected chi connectivity index (χ0v) is 13.0. The Labute approximate surface area is 126 Å². The van der Waals surface area contributed by atoms with Gasteiger partial charge in [-0.1, -0.05) is 28.4 Å². The van der Waals surface area contributed by atoms with E-state index in [1.807, 2.05) is 13.0 Å². The third kappa shape index (κ3) is 3.58. The first kappa shape index (κ1) is 15.4. The summed E-state index contributed by atoms with van der Waals surface area (Å²) in [5, 5.41) is 12.4. The number of rotatable bonds is 5. The molecule has 20 heavy (non-hydrogen) atoms. The Morgan fingerprint density at radius 2 is 2.30 bits per heavy atom. The third-order valence-electron chi connectivity index (χ3n) is 4.09. The van der Waals surface area contributed by atoms with E-state index in [1.165, 1.54) is 6.07 Å². The monoisotopic (exact) mass is 343 g/mol. The number of carbonyl (C=O) groups is 1. The Hall–Kier alpha value is -0.940. The molecule has 2 rings (SSSR count). The summed E-state index contributed by atoms with van der Waals surface area (Å²) in [6, 6.07) is 4.88. The van der Waals surface area contributed by atoms with Gasteiger partial charge in [0.05, 0.1) is 5.92 Å². The Morgan fingerprint density at radius 1 is 1.55 bits per heavy atom. The molecule has 1 aromatic carbocycles. The maximum absolute atomic E-state index is 13.8. The lowest BCUT2D eigenvalue weighted by molar-refractivity contribution is -0.142. The van der Waals surface area contributed by atoms with Crippen LogP contribution in [0.4, 0.5) is 4.39 Å². The smallest absolute Gasteiger partial charge is 0.306 e. The topological polar surface area (TPSA) is 49.3 Å². The molecule has 0 heterocycles. The SMILES string of the molecule is CC(NCC1CCCC1C(=O)O)c1ccc(Br)cc1F. The van der Waals surface area contributed by atoms with Crippen molar-refractivity contribution in [3.8, 4) is 0 Å². The molecule has 110 valence electrons. The van der Waals surface area contributed by atoms with Gasteiger partial charge in [-0.05, 0) is 44.4 Å². The number of hydrogen-bond acceptors (Lipinski definition) is 2. The zero-order chi connectivity index (χ0) is 14.7. The van der Waals surface area contributed by atoms with Gasteiger partial charge in [-0.25, -0.2) is 4.39 Å². The van der Waals surface area contributed by atoms with Crippen LogP contribution in [0.1, 0.15) is 37.8 Å². The van der Waals surface area contributed by atoms with Gasteiger partial charge in [0.15, 0.2) is 0 Å². The molecule has 0 radical (unpaired) electrons. The molecule has 1 aliphatic carbocycles. The molecule has 0 aromatic heterocycles. The number of benzene rings is 1. The summed E-state index contributed by atoms with van der Waals surface area (Å²) in [5.41, 5.74) is 0.609. The lowest BCUT2D eigenvalue weighted by Crippen LogP contribution is -2.31. The highest BCUT2D eigenvalue weighted by atomic mass is 79.9. The second-order valence-electron chi connectivity index (χ2n) is 5.43. The van der Waals surface area contributed by atoms with Gasteiger partial charge in [-0.3, -0.25) is 4.79 Å². The second-order valence-corrected chi connectivity index (χ2v) is 6.35. The van der Waals surface area contributed by atoms with Crippen LogP contribution < -0.4 is 5.32 Å². The Morgan fingerprint density at radius 3 is 2.95 bits per heavy atom. The fourth-order valence-corrected chi connectivity index (χ4v) is 3.23. The van der Waals surface area contributed by atoms with Crippen LogP contribution in [0.5, 0.6) is 0 Å². The van der Waals surface area contributed by atoms with Crippen LogP contribution in [0.3, 0.4) is 0 Å². The van der Waals surface area contributed by atoms with Gasteiger partial charge in [0.2, 0.25) is 0 Å². The summed E-state index contributed by atoms with van der Waals surface area (Å²) in [4.78, 5) is 11.1. The molecule has 1 fully saturated rings. The molecule has 0 saturated heterocycles. The van der Waals surface area contributed by atoms with Gasteiger partial charge < -0.3 is 10.4 Å². The van der Waals surface area contributed by atoms with Crippen LogP contribution in [-0.2, 0) is 4.79 Å². The van der Waals surface area contributed by atoms with Crippen molar-refractivity contribution >= 4 is 21.9 Å². The van der Waals surface area contributed by atoms with Gasteiger partial charge in [0.25, 0.3) is 0 Å². The molecule has 3 atom stereocenters. The lowest BCUT2D eigenvalue weighted by atomic mass is 9.95. The number of carboxylic acid groups (broad SMARTS) is 1. The van der Waals surface area contributed by atoms with Crippen molar-refractivity contribution in [1.29, 1.82) is 0 Å². The summed E-state index contributed by atoms with van der Waals surface area (Å²) in [7, 11) is 0. The minimum atomic E-state index is -0.711. The van der Waals surface area contributed by atoms with Gasteiger partial charge in [0, 0.05) is 16.1 Å². The van der Waals surface area contributed by atoms with Crippen molar-refractivity contribution in [2.24, 2.45) is 11.8 Å². The predicted octanol–water partition coefficient (Wildman–Crippen LogP) is 3.74. The molecular weight excluding hydrogens is 325 g/mol. The van der Waals surface area contributed by atoms with E-state index in [-0.39, 0.29) is 23.7 Å². The fraction of sp³-hybridized carbons (Fsp3) is 0.533. The maximum Gasteiger partial charge on any atom is 0.306 e. The quantitative estimate of drug-likeness (QED) is 0.856. The van der Waals surface area contributed by atoms with E-state index in [2.05, 4.69) is 21.2 Å². The zero-order valence-electron chi connectivity index (χ0n) is 11.4. The van der Waals surface area contributed by atoms with Crippen LogP contribution in [0.25, 0.3) is 0 Å². The third-order valence-corrected chi connectivity index (χ3v) is 4.58. The molecule has 3 unspecified atom stereocenters. The van der Waals surface area contributed by atoms with Gasteiger partial charge in [-0.2, -0.15) is 0 Å². The van der Waals surface area contributed by atoms with E-state index in [4.69, 9.17) is 5.11 Å². The highest BCUT2D eigenvalue weighted by molar-refractivity contribution is 9.10. The molecule has 5 heteroatoms. The van der Waals surface area contributed by atoms with E-state index in [1.54, 1.807) is 6.07 Å². The summed E-state index contributed by atoms with van der Waals surface area (Å²) in [6.07, 6.45) is 2.65. The largest absolute Gasteiger partial charge is 0.481 e. The van der Waals surface area contributed by atoms with Crippen LogP contribution in [-0.4, -0.2) is 17.6 Å². The van der Waals surface area contributed by atoms with E-state index in [9.17, 15) is 9.18 Å². The van der Waals surface area contributed by atoms with Crippen molar-refractivity contribution in [1.82, 2.24) is 5.32 Å². The highest BCUT2D eigenvalue weighted by Crippen LogP contribution is 2.32. The fourth-order valence-electron chi connectivity index (χ4n) is 2.90. The molecule has 1 saturated carbocycles. The second kappa shape index (κ2) is 6.68. The summed E-state index contributed by atoms with van der Waals surface area (Å²) < 4.78 is 14.6. The molecule has 2 N–H and O–H groups in total. The van der Waals surface area contributed by atoms with Gasteiger partial charge >= 0.3 is 5.97 Å². The van der Waals surface area contributed by atoms with Crippen molar-refractivity contribution in [2.45, 2.75) is 32.2 Å². The minimum Gasteiger partial charge on any atom is -0.481 e. The number of halogens is 2. The van der Waals surface area contributed by atoms with Crippen LogP contribution in [0.2, 0.25) is 0 Å².